The average molecular weight is 259 g/mol. The van der Waals surface area contributed by atoms with Crippen molar-refractivity contribution in [2.24, 2.45) is 0 Å². The zero-order valence-electron chi connectivity index (χ0n) is 12.5. The fraction of sp³-hybridized carbons (Fsp3) is 0.562. The molecule has 0 atom stereocenters. The lowest BCUT2D eigenvalue weighted by atomic mass is 10.2. The number of likely N-dealkylation sites (tertiary alicyclic amines) is 1. The van der Waals surface area contributed by atoms with Gasteiger partial charge in [0, 0.05) is 0 Å². The third kappa shape index (κ3) is 4.92. The van der Waals surface area contributed by atoms with Crippen molar-refractivity contribution < 1.29 is 6.16 Å². The van der Waals surface area contributed by atoms with Crippen LogP contribution in [0.3, 0.4) is 0 Å². The molecule has 102 valence electrons. The predicted molar refractivity (Wildman–Crippen MR) is 77.3 cm³/mol. The third-order valence-electron chi connectivity index (χ3n) is 3.57. The van der Waals surface area contributed by atoms with Crippen molar-refractivity contribution in [2.45, 2.75) is 32.1 Å². The van der Waals surface area contributed by atoms with E-state index in [-0.39, 0.29) is 1.43 Å². The smallest absolute Gasteiger partial charge is 0.494 e. The van der Waals surface area contributed by atoms with Crippen LogP contribution in [0.15, 0.2) is 24.3 Å². The Morgan fingerprint density at radius 1 is 1.11 bits per heavy atom. The molecule has 0 saturated carbocycles. The van der Waals surface area contributed by atoms with Gasteiger partial charge in [0.2, 0.25) is 0 Å². The molecule has 1 fully saturated rings. The molecule has 1 aromatic carbocycles. The fourth-order valence-electron chi connectivity index (χ4n) is 2.44. The molecule has 0 amide bonds. The maximum atomic E-state index is 8.70. The summed E-state index contributed by atoms with van der Waals surface area (Å²) < 4.78 is 5.65. The highest BCUT2D eigenvalue weighted by molar-refractivity contribution is 5.34. The van der Waals surface area contributed by atoms with E-state index in [1.54, 1.807) is 12.1 Å². The van der Waals surface area contributed by atoms with E-state index >= 15 is 0 Å². The van der Waals surface area contributed by atoms with Gasteiger partial charge >= 0.3 is 1.43 Å². The third-order valence-corrected chi connectivity index (χ3v) is 3.57. The quantitative estimate of drug-likeness (QED) is 0.705. The molecule has 3 nitrogen and oxygen atoms in total. The van der Waals surface area contributed by atoms with Gasteiger partial charge in [-0.05, 0) is 76.0 Å². The molecular formula is C16H23N2O+. The molecule has 0 radical (unpaired) electrons. The molecule has 2 rings (SSSR count). The molecule has 19 heavy (non-hydrogen) atoms. The maximum absolute atomic E-state index is 8.70. The van der Waals surface area contributed by atoms with Crippen molar-refractivity contribution in [3.05, 3.63) is 29.8 Å². The molecule has 3 heteroatoms. The number of unbranched alkanes of at least 4 members (excludes halogenated alkanes) is 2. The summed E-state index contributed by atoms with van der Waals surface area (Å²) in [7, 11) is 0. The van der Waals surface area contributed by atoms with Crippen LogP contribution in [0, 0.1) is 11.3 Å². The lowest BCUT2D eigenvalue weighted by Gasteiger charge is -2.13. The molecule has 0 bridgehead atoms. The van der Waals surface area contributed by atoms with Crippen molar-refractivity contribution in [1.29, 1.82) is 5.26 Å². The van der Waals surface area contributed by atoms with Crippen LogP contribution in [0.25, 0.3) is 0 Å². The Labute approximate surface area is 117 Å². The highest BCUT2D eigenvalue weighted by Crippen LogP contribution is 2.13. The van der Waals surface area contributed by atoms with Gasteiger partial charge in [-0.1, -0.05) is 0 Å². The van der Waals surface area contributed by atoms with Crippen molar-refractivity contribution in [1.82, 2.24) is 4.90 Å². The molecule has 1 aliphatic rings. The summed E-state index contributed by atoms with van der Waals surface area (Å²) in [5.74, 6) is 0.860. The Balaban J connectivity index is 0.00000200. The number of ether oxygens (including phenoxy) is 1. The highest BCUT2D eigenvalue weighted by atomic mass is 16.5. The lowest BCUT2D eigenvalue weighted by Crippen LogP contribution is -2.20. The van der Waals surface area contributed by atoms with Crippen molar-refractivity contribution in [3.8, 4) is 11.8 Å². The maximum Gasteiger partial charge on any atom is 1.00 e. The molecule has 1 heterocycles. The summed E-state index contributed by atoms with van der Waals surface area (Å²) >= 11 is 0. The molecular weight excluding hydrogens is 236 g/mol. The normalized spacial score (nSPS) is 15.3. The molecule has 1 aliphatic heterocycles. The monoisotopic (exact) mass is 259 g/mol. The van der Waals surface area contributed by atoms with E-state index in [4.69, 9.17) is 10.00 Å². The minimum absolute atomic E-state index is 0. The van der Waals surface area contributed by atoms with Crippen LogP contribution < -0.4 is 4.74 Å². The van der Waals surface area contributed by atoms with Crippen LogP contribution in [0.4, 0.5) is 0 Å². The first kappa shape index (κ1) is 13.9. The average Bonchev–Trinajstić information content (AvgIpc) is 2.96. The minimum atomic E-state index is 0. The molecule has 1 saturated heterocycles. The highest BCUT2D eigenvalue weighted by Gasteiger charge is 2.09. The fourth-order valence-corrected chi connectivity index (χ4v) is 2.44. The predicted octanol–water partition coefficient (Wildman–Crippen LogP) is 3.32. The molecule has 0 aromatic heterocycles. The molecule has 1 aromatic rings. The summed E-state index contributed by atoms with van der Waals surface area (Å²) in [6.07, 6.45) is 6.36. The first-order valence-electron chi connectivity index (χ1n) is 7.24. The summed E-state index contributed by atoms with van der Waals surface area (Å²) in [4.78, 5) is 2.56. The Bertz CT molecular complexity index is 407. The Kier molecular flexibility index (Phi) is 5.71. The Morgan fingerprint density at radius 3 is 2.53 bits per heavy atom. The van der Waals surface area contributed by atoms with E-state index in [1.165, 1.54) is 45.3 Å². The van der Waals surface area contributed by atoms with Gasteiger partial charge in [0.15, 0.2) is 0 Å². The number of nitrogens with zero attached hydrogens (tertiary/aromatic N) is 2. The zero-order valence-corrected chi connectivity index (χ0v) is 11.5. The topological polar surface area (TPSA) is 36.3 Å². The van der Waals surface area contributed by atoms with E-state index in [2.05, 4.69) is 11.0 Å². The minimum Gasteiger partial charge on any atom is -0.494 e. The molecule has 0 aliphatic carbocycles. The van der Waals surface area contributed by atoms with Gasteiger partial charge in [-0.3, -0.25) is 0 Å². The van der Waals surface area contributed by atoms with Gasteiger partial charge in [0.1, 0.15) is 5.75 Å². The van der Waals surface area contributed by atoms with Gasteiger partial charge in [-0.25, -0.2) is 0 Å². The van der Waals surface area contributed by atoms with Gasteiger partial charge in [-0.15, -0.1) is 0 Å². The van der Waals surface area contributed by atoms with Gasteiger partial charge in [0.25, 0.3) is 0 Å². The molecule has 0 unspecified atom stereocenters. The standard InChI is InChI=1S/C16H22N2O/c17-14-15-6-8-16(9-7-15)19-13-5-1-2-10-18-11-3-4-12-18/h6-9H,1-5,10-13H2/p+1. The second kappa shape index (κ2) is 7.81. The molecule has 0 spiro atoms. The summed E-state index contributed by atoms with van der Waals surface area (Å²) in [5.41, 5.74) is 0.679. The zero-order chi connectivity index (χ0) is 13.3. The first-order valence-corrected chi connectivity index (χ1v) is 7.24. The van der Waals surface area contributed by atoms with E-state index in [0.29, 0.717) is 5.56 Å². The molecule has 0 N–H and O–H groups in total. The van der Waals surface area contributed by atoms with E-state index in [0.717, 1.165) is 18.8 Å². The van der Waals surface area contributed by atoms with Gasteiger partial charge < -0.3 is 9.64 Å². The summed E-state index contributed by atoms with van der Waals surface area (Å²) in [6, 6.07) is 9.42. The number of hydrogen-bond acceptors (Lipinski definition) is 3. The van der Waals surface area contributed by atoms with Crippen LogP contribution in [0.2, 0.25) is 0 Å². The van der Waals surface area contributed by atoms with Crippen molar-refractivity contribution in [3.63, 3.8) is 0 Å². The summed E-state index contributed by atoms with van der Waals surface area (Å²) in [5, 5.41) is 8.70. The van der Waals surface area contributed by atoms with E-state index < -0.39 is 0 Å². The number of hydrogen-bond donors (Lipinski definition) is 0. The van der Waals surface area contributed by atoms with E-state index in [9.17, 15) is 0 Å². The van der Waals surface area contributed by atoms with Gasteiger partial charge in [0.05, 0.1) is 18.2 Å². The summed E-state index contributed by atoms with van der Waals surface area (Å²) in [6.45, 7) is 4.60. The van der Waals surface area contributed by atoms with Crippen LogP contribution in [0.5, 0.6) is 5.75 Å². The first-order chi connectivity index (χ1) is 9.38. The van der Waals surface area contributed by atoms with Crippen molar-refractivity contribution >= 4 is 0 Å². The van der Waals surface area contributed by atoms with Crippen LogP contribution in [-0.2, 0) is 0 Å². The van der Waals surface area contributed by atoms with Crippen LogP contribution in [-0.4, -0.2) is 31.1 Å². The number of benzene rings is 1. The second-order valence-electron chi connectivity index (χ2n) is 5.09. The van der Waals surface area contributed by atoms with Crippen LogP contribution in [0.1, 0.15) is 39.1 Å². The second-order valence-corrected chi connectivity index (χ2v) is 5.09. The lowest BCUT2D eigenvalue weighted by molar-refractivity contribution is 0.290. The largest absolute Gasteiger partial charge is 1.00 e. The Hall–Kier alpha value is -1.53. The number of nitriles is 1. The Morgan fingerprint density at radius 2 is 1.84 bits per heavy atom. The SMILES string of the molecule is N#Cc1ccc(OCCCCCN2CCCC2)cc1.[H+]. The van der Waals surface area contributed by atoms with Crippen molar-refractivity contribution in [2.75, 3.05) is 26.2 Å². The van der Waals surface area contributed by atoms with E-state index in [1.807, 2.05) is 12.1 Å². The van der Waals surface area contributed by atoms with Crippen LogP contribution >= 0.6 is 0 Å². The number of rotatable bonds is 7. The van der Waals surface area contributed by atoms with Gasteiger partial charge in [-0.2, -0.15) is 5.26 Å².